The van der Waals surface area contributed by atoms with Crippen LogP contribution in [0.15, 0.2) is 35.5 Å². The zero-order valence-electron chi connectivity index (χ0n) is 12.9. The number of ether oxygens (including phenoxy) is 2. The average Bonchev–Trinajstić information content (AvgIpc) is 2.61. The minimum Gasteiger partial charge on any atom is -0.459 e. The molecule has 0 atom stereocenters. The Hall–Kier alpha value is -2.61. The molecule has 24 heavy (non-hydrogen) atoms. The van der Waals surface area contributed by atoms with Crippen LogP contribution in [0.1, 0.15) is 5.56 Å². The van der Waals surface area contributed by atoms with E-state index in [1.54, 1.807) is 12.1 Å². The Morgan fingerprint density at radius 1 is 1.29 bits per heavy atom. The predicted molar refractivity (Wildman–Crippen MR) is 83.3 cm³/mol. The third kappa shape index (κ3) is 4.45. The van der Waals surface area contributed by atoms with Gasteiger partial charge in [0.15, 0.2) is 11.6 Å². The third-order valence-corrected chi connectivity index (χ3v) is 3.35. The highest BCUT2D eigenvalue weighted by atomic mass is 19.1. The molecule has 8 heteroatoms. The first-order chi connectivity index (χ1) is 11.7. The van der Waals surface area contributed by atoms with Crippen molar-refractivity contribution in [2.75, 3.05) is 26.3 Å². The van der Waals surface area contributed by atoms with Crippen molar-refractivity contribution in [3.63, 3.8) is 0 Å². The predicted octanol–water partition coefficient (Wildman–Crippen LogP) is 2.33. The molecule has 1 aliphatic rings. The van der Waals surface area contributed by atoms with E-state index < -0.39 is 5.82 Å². The molecule has 2 heterocycles. The summed E-state index contributed by atoms with van der Waals surface area (Å²) < 4.78 is 37.5. The molecule has 0 unspecified atom stereocenters. The van der Waals surface area contributed by atoms with Crippen LogP contribution in [0.2, 0.25) is 0 Å². The fourth-order valence-corrected chi connectivity index (χ4v) is 2.11. The van der Waals surface area contributed by atoms with Crippen molar-refractivity contribution in [1.82, 2.24) is 14.9 Å². The molecule has 0 saturated carbocycles. The highest BCUT2D eigenvalue weighted by Gasteiger charge is 2.09. The van der Waals surface area contributed by atoms with Crippen LogP contribution in [0, 0.1) is 11.6 Å². The Morgan fingerprint density at radius 2 is 2.12 bits per heavy atom. The summed E-state index contributed by atoms with van der Waals surface area (Å²) in [6.07, 6.45) is 2.53. The van der Waals surface area contributed by atoms with Gasteiger partial charge in [-0.3, -0.25) is 0 Å². The summed E-state index contributed by atoms with van der Waals surface area (Å²) in [6.45, 7) is 2.69. The summed E-state index contributed by atoms with van der Waals surface area (Å²) in [7, 11) is 0. The van der Waals surface area contributed by atoms with Gasteiger partial charge in [0.05, 0.1) is 25.7 Å². The van der Waals surface area contributed by atoms with Crippen molar-refractivity contribution in [1.29, 1.82) is 0 Å². The summed E-state index contributed by atoms with van der Waals surface area (Å²) in [6, 6.07) is 5.97. The topological polar surface area (TPSA) is 59.8 Å². The smallest absolute Gasteiger partial charge is 0.318 e. The number of morpholine rings is 1. The lowest BCUT2D eigenvalue weighted by atomic mass is 10.2. The zero-order valence-corrected chi connectivity index (χ0v) is 12.9. The SMILES string of the molecule is Fc1cccc(COc2ncc(F)c(/N=C/N3CCOCC3)n2)c1. The Labute approximate surface area is 137 Å². The van der Waals surface area contributed by atoms with Crippen molar-refractivity contribution in [3.05, 3.63) is 47.7 Å². The maximum absolute atomic E-state index is 13.8. The van der Waals surface area contributed by atoms with E-state index in [2.05, 4.69) is 15.0 Å². The molecule has 3 rings (SSSR count). The van der Waals surface area contributed by atoms with E-state index in [4.69, 9.17) is 9.47 Å². The van der Waals surface area contributed by atoms with Crippen LogP contribution in [-0.2, 0) is 11.3 Å². The van der Waals surface area contributed by atoms with Crippen LogP contribution >= 0.6 is 0 Å². The highest BCUT2D eigenvalue weighted by molar-refractivity contribution is 5.60. The first-order valence-corrected chi connectivity index (χ1v) is 7.46. The number of hydrogen-bond acceptors (Lipinski definition) is 5. The van der Waals surface area contributed by atoms with E-state index in [1.807, 2.05) is 4.90 Å². The van der Waals surface area contributed by atoms with Crippen molar-refractivity contribution in [2.45, 2.75) is 6.61 Å². The molecule has 6 nitrogen and oxygen atoms in total. The Morgan fingerprint density at radius 3 is 2.92 bits per heavy atom. The maximum Gasteiger partial charge on any atom is 0.318 e. The molecular weight excluding hydrogens is 318 g/mol. The van der Waals surface area contributed by atoms with Crippen LogP contribution in [0.5, 0.6) is 6.01 Å². The molecule has 0 spiro atoms. The standard InChI is InChI=1S/C16H16F2N4O2/c17-13-3-1-2-12(8-13)10-24-16-19-9-14(18)15(21-16)20-11-22-4-6-23-7-5-22/h1-3,8-9,11H,4-7,10H2/b20-11+. The van der Waals surface area contributed by atoms with Crippen molar-refractivity contribution in [3.8, 4) is 6.01 Å². The van der Waals surface area contributed by atoms with Gasteiger partial charge >= 0.3 is 6.01 Å². The second-order valence-corrected chi connectivity index (χ2v) is 5.14. The first kappa shape index (κ1) is 16.3. The maximum atomic E-state index is 13.8. The Kier molecular flexibility index (Phi) is 5.27. The minimum absolute atomic E-state index is 0.0187. The van der Waals surface area contributed by atoms with Crippen LogP contribution < -0.4 is 4.74 Å². The zero-order chi connectivity index (χ0) is 16.8. The van der Waals surface area contributed by atoms with E-state index in [-0.39, 0.29) is 24.3 Å². The molecule has 0 bridgehead atoms. The Bertz CT molecular complexity index is 721. The van der Waals surface area contributed by atoms with Gasteiger partial charge in [0.2, 0.25) is 0 Å². The van der Waals surface area contributed by atoms with E-state index in [0.29, 0.717) is 31.9 Å². The molecule has 1 fully saturated rings. The van der Waals surface area contributed by atoms with Gasteiger partial charge in [-0.1, -0.05) is 12.1 Å². The van der Waals surface area contributed by atoms with Gasteiger partial charge < -0.3 is 14.4 Å². The molecule has 1 aromatic heterocycles. The average molecular weight is 334 g/mol. The van der Waals surface area contributed by atoms with E-state index >= 15 is 0 Å². The van der Waals surface area contributed by atoms with Crippen molar-refractivity contribution >= 4 is 12.2 Å². The lowest BCUT2D eigenvalue weighted by molar-refractivity contribution is 0.0701. The largest absolute Gasteiger partial charge is 0.459 e. The second-order valence-electron chi connectivity index (χ2n) is 5.14. The van der Waals surface area contributed by atoms with Gasteiger partial charge in [-0.15, -0.1) is 0 Å². The van der Waals surface area contributed by atoms with Gasteiger partial charge in [0, 0.05) is 13.1 Å². The first-order valence-electron chi connectivity index (χ1n) is 7.46. The molecule has 0 N–H and O–H groups in total. The Balaban J connectivity index is 1.65. The van der Waals surface area contributed by atoms with Crippen molar-refractivity contribution in [2.24, 2.45) is 4.99 Å². The summed E-state index contributed by atoms with van der Waals surface area (Å²) >= 11 is 0. The number of rotatable bonds is 5. The normalized spacial score (nSPS) is 15.0. The molecule has 2 aromatic rings. The fraction of sp³-hybridized carbons (Fsp3) is 0.312. The van der Waals surface area contributed by atoms with Gasteiger partial charge in [0.1, 0.15) is 12.4 Å². The molecule has 1 aromatic carbocycles. The van der Waals surface area contributed by atoms with Crippen LogP contribution in [0.4, 0.5) is 14.6 Å². The summed E-state index contributed by atoms with van der Waals surface area (Å²) in [5.41, 5.74) is 0.626. The lowest BCUT2D eigenvalue weighted by Gasteiger charge is -2.23. The number of benzene rings is 1. The molecule has 1 saturated heterocycles. The van der Waals surface area contributed by atoms with E-state index in [9.17, 15) is 8.78 Å². The van der Waals surface area contributed by atoms with Gasteiger partial charge in [-0.2, -0.15) is 4.98 Å². The van der Waals surface area contributed by atoms with E-state index in [0.717, 1.165) is 6.20 Å². The quantitative estimate of drug-likeness (QED) is 0.620. The fourth-order valence-electron chi connectivity index (χ4n) is 2.11. The molecule has 0 radical (unpaired) electrons. The molecule has 1 aliphatic heterocycles. The van der Waals surface area contributed by atoms with Gasteiger partial charge in [-0.05, 0) is 17.7 Å². The molecule has 0 amide bonds. The summed E-state index contributed by atoms with van der Waals surface area (Å²) in [5, 5.41) is 0. The summed E-state index contributed by atoms with van der Waals surface area (Å²) in [5.74, 6) is -1.10. The number of aromatic nitrogens is 2. The van der Waals surface area contributed by atoms with Crippen LogP contribution in [-0.4, -0.2) is 47.5 Å². The van der Waals surface area contributed by atoms with Crippen LogP contribution in [0.25, 0.3) is 0 Å². The molecule has 0 aliphatic carbocycles. The number of halogens is 2. The minimum atomic E-state index is -0.641. The second kappa shape index (κ2) is 7.78. The van der Waals surface area contributed by atoms with Crippen LogP contribution in [0.3, 0.4) is 0 Å². The molecular formula is C16H16F2N4O2. The molecule has 126 valence electrons. The van der Waals surface area contributed by atoms with Crippen molar-refractivity contribution < 1.29 is 18.3 Å². The van der Waals surface area contributed by atoms with Gasteiger partial charge in [-0.25, -0.2) is 18.8 Å². The summed E-state index contributed by atoms with van der Waals surface area (Å²) in [4.78, 5) is 13.7. The van der Waals surface area contributed by atoms with Gasteiger partial charge in [0.25, 0.3) is 0 Å². The monoisotopic (exact) mass is 334 g/mol. The number of aliphatic imine (C=N–C) groups is 1. The third-order valence-electron chi connectivity index (χ3n) is 3.35. The number of hydrogen-bond donors (Lipinski definition) is 0. The number of nitrogens with zero attached hydrogens (tertiary/aromatic N) is 4. The van der Waals surface area contributed by atoms with E-state index in [1.165, 1.54) is 18.5 Å². The lowest BCUT2D eigenvalue weighted by Crippen LogP contribution is -2.35. The highest BCUT2D eigenvalue weighted by Crippen LogP contribution is 2.17.